The summed E-state index contributed by atoms with van der Waals surface area (Å²) in [4.78, 5) is 24.1. The zero-order valence-corrected chi connectivity index (χ0v) is 14.5. The van der Waals surface area contributed by atoms with E-state index < -0.39 is 51.8 Å². The maximum Gasteiger partial charge on any atom is 0.339 e. The summed E-state index contributed by atoms with van der Waals surface area (Å²) in [5, 5.41) is 10.3. The molecule has 9 heteroatoms. The van der Waals surface area contributed by atoms with E-state index in [0.29, 0.717) is 12.1 Å². The van der Waals surface area contributed by atoms with Gasteiger partial charge in [0.2, 0.25) is 5.78 Å². The number of benzene rings is 1. The van der Waals surface area contributed by atoms with Gasteiger partial charge in [0.15, 0.2) is 5.60 Å². The number of rotatable bonds is 7. The second-order valence-corrected chi connectivity index (χ2v) is 6.13. The smallest absolute Gasteiger partial charge is 0.339 e. The van der Waals surface area contributed by atoms with E-state index in [-0.39, 0.29) is 12.7 Å². The molecule has 1 aromatic carbocycles. The van der Waals surface area contributed by atoms with Gasteiger partial charge in [0.05, 0.1) is 12.5 Å². The first-order valence-corrected chi connectivity index (χ1v) is 7.73. The molecule has 25 heavy (non-hydrogen) atoms. The summed E-state index contributed by atoms with van der Waals surface area (Å²) >= 11 is 5.42. The summed E-state index contributed by atoms with van der Waals surface area (Å²) in [5.41, 5.74) is -6.90. The average Bonchev–Trinajstić information content (AvgIpc) is 2.53. The van der Waals surface area contributed by atoms with Crippen molar-refractivity contribution in [3.05, 3.63) is 35.4 Å². The highest BCUT2D eigenvalue weighted by Crippen LogP contribution is 2.44. The normalized spacial score (nSPS) is 14.8. The Labute approximate surface area is 146 Å². The third-order valence-electron chi connectivity index (χ3n) is 3.73. The lowest BCUT2D eigenvalue weighted by Gasteiger charge is -2.37. The number of alkyl halides is 3. The molecule has 140 valence electrons. The maximum atomic E-state index is 14.8. The Morgan fingerprint density at radius 2 is 1.80 bits per heavy atom. The molecule has 0 saturated heterocycles. The Hall–Kier alpha value is -1.67. The first kappa shape index (κ1) is 21.4. The number of ether oxygens (including phenoxy) is 1. The Kier molecular flexibility index (Phi) is 6.23. The molecule has 0 aromatic heterocycles. The highest BCUT2D eigenvalue weighted by molar-refractivity contribution is 6.19. The lowest BCUT2D eigenvalue weighted by atomic mass is 9.76. The Balaban J connectivity index is 3.45. The number of hydrogen-bond donors (Lipinski definition) is 1. The number of Topliss-reactive ketones (excluding diaryl/α,β-unsaturated/α-hetero) is 1. The number of ketones is 1. The van der Waals surface area contributed by atoms with Crippen molar-refractivity contribution in [1.29, 1.82) is 0 Å². The van der Waals surface area contributed by atoms with Gasteiger partial charge in [-0.2, -0.15) is 8.78 Å². The van der Waals surface area contributed by atoms with E-state index in [4.69, 9.17) is 11.6 Å². The van der Waals surface area contributed by atoms with Crippen LogP contribution in [0.1, 0.15) is 26.3 Å². The molecule has 0 radical (unpaired) electrons. The van der Waals surface area contributed by atoms with Gasteiger partial charge < -0.3 is 9.84 Å². The Bertz CT molecular complexity index is 678. The number of esters is 1. The fourth-order valence-electron chi connectivity index (χ4n) is 2.13. The van der Waals surface area contributed by atoms with Crippen molar-refractivity contribution in [3.63, 3.8) is 0 Å². The molecule has 0 aliphatic rings. The number of halogens is 5. The van der Waals surface area contributed by atoms with Gasteiger partial charge in [0.25, 0.3) is 0 Å². The van der Waals surface area contributed by atoms with Crippen LogP contribution >= 0.6 is 11.6 Å². The fraction of sp³-hybridized carbons (Fsp3) is 0.500. The average molecular weight is 385 g/mol. The van der Waals surface area contributed by atoms with E-state index in [1.54, 1.807) is 0 Å². The van der Waals surface area contributed by atoms with Gasteiger partial charge in [-0.05, 0) is 26.8 Å². The van der Waals surface area contributed by atoms with Crippen LogP contribution in [0.25, 0.3) is 0 Å². The van der Waals surface area contributed by atoms with E-state index in [1.807, 2.05) is 0 Å². The van der Waals surface area contributed by atoms with Crippen LogP contribution < -0.4 is 0 Å². The molecule has 0 heterocycles. The van der Waals surface area contributed by atoms with Gasteiger partial charge in [-0.25, -0.2) is 8.78 Å². The molecule has 0 aliphatic carbocycles. The minimum absolute atomic E-state index is 0.159. The van der Waals surface area contributed by atoms with Crippen molar-refractivity contribution in [3.8, 4) is 0 Å². The van der Waals surface area contributed by atoms with Gasteiger partial charge >= 0.3 is 11.9 Å². The third-order valence-corrected chi connectivity index (χ3v) is 4.11. The lowest BCUT2D eigenvalue weighted by Crippen LogP contribution is -2.58. The van der Waals surface area contributed by atoms with E-state index in [9.17, 15) is 32.3 Å². The summed E-state index contributed by atoms with van der Waals surface area (Å²) in [6, 6.07) is 1.46. The summed E-state index contributed by atoms with van der Waals surface area (Å²) in [6.07, 6.45) is 0. The number of carbonyl (C=O) groups excluding carboxylic acids is 2. The van der Waals surface area contributed by atoms with Crippen LogP contribution in [0, 0.1) is 17.0 Å². The summed E-state index contributed by atoms with van der Waals surface area (Å²) < 4.78 is 61.0. The standard InChI is InChI=1S/C16H17ClF4O4/c1-4-25-13(23)14(2,3)12(22)16(20,21)15(24,8-17)10-6-5-9(18)7-11(10)19/h5-7,24H,4,8H2,1-3H3. The van der Waals surface area contributed by atoms with Crippen molar-refractivity contribution in [2.24, 2.45) is 5.41 Å². The second kappa shape index (κ2) is 7.29. The van der Waals surface area contributed by atoms with E-state index >= 15 is 0 Å². The predicted molar refractivity (Wildman–Crippen MR) is 81.3 cm³/mol. The number of aliphatic hydroxyl groups is 1. The molecule has 1 unspecified atom stereocenters. The summed E-state index contributed by atoms with van der Waals surface area (Å²) in [7, 11) is 0. The molecule has 0 saturated carbocycles. The van der Waals surface area contributed by atoms with Crippen molar-refractivity contribution < 1.29 is 37.0 Å². The van der Waals surface area contributed by atoms with Gasteiger partial charge in [0.1, 0.15) is 17.0 Å². The van der Waals surface area contributed by atoms with Crippen molar-refractivity contribution in [2.45, 2.75) is 32.3 Å². The van der Waals surface area contributed by atoms with E-state index in [2.05, 4.69) is 4.74 Å². The maximum absolute atomic E-state index is 14.8. The molecule has 0 amide bonds. The molecule has 0 aliphatic heterocycles. The van der Waals surface area contributed by atoms with Gasteiger partial charge in [-0.15, -0.1) is 11.6 Å². The van der Waals surface area contributed by atoms with Crippen LogP contribution in [-0.2, 0) is 19.9 Å². The van der Waals surface area contributed by atoms with Crippen LogP contribution in [0.15, 0.2) is 18.2 Å². The largest absolute Gasteiger partial charge is 0.465 e. The number of carbonyl (C=O) groups is 2. The SMILES string of the molecule is CCOC(=O)C(C)(C)C(=O)C(F)(F)C(O)(CCl)c1ccc(F)cc1F. The molecule has 0 fully saturated rings. The van der Waals surface area contributed by atoms with Gasteiger partial charge in [-0.1, -0.05) is 6.07 Å². The zero-order valence-electron chi connectivity index (χ0n) is 13.7. The molecule has 4 nitrogen and oxygen atoms in total. The molecular formula is C16H17ClF4O4. The van der Waals surface area contributed by atoms with Crippen LogP contribution in [-0.4, -0.2) is 35.3 Å². The first-order chi connectivity index (χ1) is 11.4. The highest BCUT2D eigenvalue weighted by Gasteiger charge is 2.64. The minimum atomic E-state index is -4.66. The monoisotopic (exact) mass is 384 g/mol. The molecule has 1 rings (SSSR count). The Morgan fingerprint density at radius 3 is 2.24 bits per heavy atom. The zero-order chi connectivity index (χ0) is 19.6. The van der Waals surface area contributed by atoms with Crippen LogP contribution in [0.4, 0.5) is 17.6 Å². The first-order valence-electron chi connectivity index (χ1n) is 7.20. The molecular weight excluding hydrogens is 368 g/mol. The van der Waals surface area contributed by atoms with Crippen molar-refractivity contribution >= 4 is 23.4 Å². The van der Waals surface area contributed by atoms with E-state index in [0.717, 1.165) is 13.8 Å². The van der Waals surface area contributed by atoms with Gasteiger partial charge in [-0.3, -0.25) is 9.59 Å². The van der Waals surface area contributed by atoms with Crippen molar-refractivity contribution in [2.75, 3.05) is 12.5 Å². The minimum Gasteiger partial charge on any atom is -0.465 e. The summed E-state index contributed by atoms with van der Waals surface area (Å²) in [6.45, 7) is 3.03. The van der Waals surface area contributed by atoms with Gasteiger partial charge in [0, 0.05) is 11.6 Å². The quantitative estimate of drug-likeness (QED) is 0.339. The van der Waals surface area contributed by atoms with Crippen molar-refractivity contribution in [1.82, 2.24) is 0 Å². The molecule has 1 N–H and O–H groups in total. The topological polar surface area (TPSA) is 63.6 Å². The lowest BCUT2D eigenvalue weighted by molar-refractivity contribution is -0.199. The van der Waals surface area contributed by atoms with E-state index in [1.165, 1.54) is 6.92 Å². The van der Waals surface area contributed by atoms with Crippen LogP contribution in [0.3, 0.4) is 0 Å². The highest BCUT2D eigenvalue weighted by atomic mass is 35.5. The number of hydrogen-bond acceptors (Lipinski definition) is 4. The molecule has 1 atom stereocenters. The Morgan fingerprint density at radius 1 is 1.24 bits per heavy atom. The summed E-state index contributed by atoms with van der Waals surface area (Å²) in [5.74, 6) is -11.8. The molecule has 1 aromatic rings. The molecule has 0 bridgehead atoms. The third kappa shape index (κ3) is 3.64. The fourth-order valence-corrected chi connectivity index (χ4v) is 2.45. The van der Waals surface area contributed by atoms with Crippen LogP contribution in [0.2, 0.25) is 0 Å². The second-order valence-electron chi connectivity index (χ2n) is 5.87. The van der Waals surface area contributed by atoms with Crippen LogP contribution in [0.5, 0.6) is 0 Å². The predicted octanol–water partition coefficient (Wildman–Crippen LogP) is 3.18. The molecule has 0 spiro atoms.